The summed E-state index contributed by atoms with van der Waals surface area (Å²) in [5.74, 6) is 0.0557. The van der Waals surface area contributed by atoms with Crippen LogP contribution in [0, 0.1) is 0 Å². The summed E-state index contributed by atoms with van der Waals surface area (Å²) in [6.45, 7) is 1.85. The molecule has 0 bridgehead atoms. The molecule has 25 heavy (non-hydrogen) atoms. The molecule has 2 heterocycles. The third-order valence-electron chi connectivity index (χ3n) is 3.21. The molecular weight excluding hydrogens is 401 g/mol. The highest BCUT2D eigenvalue weighted by Gasteiger charge is 2.21. The van der Waals surface area contributed by atoms with Gasteiger partial charge in [-0.25, -0.2) is 0 Å². The molecule has 0 unspecified atom stereocenters. The Kier molecular flexibility index (Phi) is 5.90. The first-order valence-corrected chi connectivity index (χ1v) is 9.82. The number of anilines is 1. The minimum atomic E-state index is -0.718. The summed E-state index contributed by atoms with van der Waals surface area (Å²) in [5.41, 5.74) is 0. The zero-order valence-electron chi connectivity index (χ0n) is 13.0. The standard InChI is InChI=1S/C16H13Cl2N3O2S2/c1-2-11(23-12-8-9(17)5-6-10(12)18)14(22)19-16-21-20-15(25-16)13-4-3-7-24-13/h3-8,11H,2H2,1H3,(H,19,21,22)/t11-/m1/s1. The van der Waals surface area contributed by atoms with Gasteiger partial charge in [0.2, 0.25) is 5.13 Å². The maximum atomic E-state index is 12.5. The number of thiophene rings is 1. The molecule has 9 heteroatoms. The van der Waals surface area contributed by atoms with Gasteiger partial charge in [0.15, 0.2) is 11.1 Å². The Morgan fingerprint density at radius 3 is 2.88 bits per heavy atom. The largest absolute Gasteiger partial charge is 0.479 e. The number of nitrogens with zero attached hydrogens (tertiary/aromatic N) is 2. The van der Waals surface area contributed by atoms with Gasteiger partial charge in [-0.05, 0) is 30.0 Å². The summed E-state index contributed by atoms with van der Waals surface area (Å²) in [5, 5.41) is 14.9. The Morgan fingerprint density at radius 1 is 1.32 bits per heavy atom. The average Bonchev–Trinajstić information content (AvgIpc) is 3.26. The first-order chi connectivity index (χ1) is 12.1. The van der Waals surface area contributed by atoms with Crippen molar-refractivity contribution in [2.45, 2.75) is 19.4 Å². The lowest BCUT2D eigenvalue weighted by Crippen LogP contribution is -2.32. The van der Waals surface area contributed by atoms with Crippen molar-refractivity contribution < 1.29 is 9.53 Å². The number of carbonyl (C=O) groups is 1. The predicted octanol–water partition coefficient (Wildman–Crippen LogP) is 5.37. The van der Waals surface area contributed by atoms with Crippen LogP contribution in [0.1, 0.15) is 13.3 Å². The van der Waals surface area contributed by atoms with E-state index in [0.717, 1.165) is 9.88 Å². The normalized spacial score (nSPS) is 12.0. The fourth-order valence-electron chi connectivity index (χ4n) is 2.00. The number of benzene rings is 1. The third-order valence-corrected chi connectivity index (χ3v) is 5.64. The Bertz CT molecular complexity index is 868. The van der Waals surface area contributed by atoms with E-state index in [1.807, 2.05) is 24.4 Å². The molecule has 1 N–H and O–H groups in total. The number of carbonyl (C=O) groups excluding carboxylic acids is 1. The molecule has 0 saturated carbocycles. The molecule has 1 aromatic carbocycles. The van der Waals surface area contributed by atoms with Crippen molar-refractivity contribution in [3.8, 4) is 15.6 Å². The van der Waals surface area contributed by atoms with Gasteiger partial charge in [-0.1, -0.05) is 47.5 Å². The number of amides is 1. The lowest BCUT2D eigenvalue weighted by atomic mass is 10.2. The second-order valence-corrected chi connectivity index (χ2v) is 7.74. The van der Waals surface area contributed by atoms with E-state index < -0.39 is 6.10 Å². The van der Waals surface area contributed by atoms with Gasteiger partial charge in [0.1, 0.15) is 5.75 Å². The second-order valence-electron chi connectivity index (χ2n) is 4.97. The van der Waals surface area contributed by atoms with Crippen LogP contribution in [0.5, 0.6) is 5.75 Å². The molecule has 2 aromatic heterocycles. The highest BCUT2D eigenvalue weighted by atomic mass is 35.5. The van der Waals surface area contributed by atoms with Crippen LogP contribution in [0.3, 0.4) is 0 Å². The number of halogens is 2. The maximum absolute atomic E-state index is 12.5. The monoisotopic (exact) mass is 413 g/mol. The van der Waals surface area contributed by atoms with Crippen molar-refractivity contribution in [3.63, 3.8) is 0 Å². The summed E-state index contributed by atoms with van der Waals surface area (Å²) in [4.78, 5) is 13.5. The first kappa shape index (κ1) is 18.1. The first-order valence-electron chi connectivity index (χ1n) is 7.36. The molecule has 1 amide bonds. The second kappa shape index (κ2) is 8.14. The Labute approximate surface area is 162 Å². The van der Waals surface area contributed by atoms with E-state index in [0.29, 0.717) is 27.3 Å². The summed E-state index contributed by atoms with van der Waals surface area (Å²) in [6, 6.07) is 8.76. The van der Waals surface area contributed by atoms with E-state index in [1.165, 1.54) is 11.3 Å². The van der Waals surface area contributed by atoms with E-state index in [-0.39, 0.29) is 5.91 Å². The summed E-state index contributed by atoms with van der Waals surface area (Å²) >= 11 is 14.9. The minimum Gasteiger partial charge on any atom is -0.479 e. The van der Waals surface area contributed by atoms with Crippen LogP contribution in [0.4, 0.5) is 5.13 Å². The highest BCUT2D eigenvalue weighted by Crippen LogP contribution is 2.31. The number of nitrogens with one attached hydrogen (secondary N) is 1. The van der Waals surface area contributed by atoms with Crippen molar-refractivity contribution in [3.05, 3.63) is 45.8 Å². The van der Waals surface area contributed by atoms with Gasteiger partial charge in [0, 0.05) is 11.1 Å². The topological polar surface area (TPSA) is 64.1 Å². The number of rotatable bonds is 6. The lowest BCUT2D eigenvalue weighted by molar-refractivity contribution is -0.122. The van der Waals surface area contributed by atoms with Crippen LogP contribution in [-0.4, -0.2) is 22.2 Å². The van der Waals surface area contributed by atoms with Gasteiger partial charge in [0.25, 0.3) is 5.91 Å². The molecule has 0 radical (unpaired) electrons. The predicted molar refractivity (Wildman–Crippen MR) is 103 cm³/mol. The molecule has 0 saturated heterocycles. The molecule has 0 aliphatic heterocycles. The quantitative estimate of drug-likeness (QED) is 0.589. The fourth-order valence-corrected chi connectivity index (χ4v) is 3.87. The summed E-state index contributed by atoms with van der Waals surface area (Å²) in [7, 11) is 0. The van der Waals surface area contributed by atoms with E-state index in [2.05, 4.69) is 15.5 Å². The van der Waals surface area contributed by atoms with E-state index in [4.69, 9.17) is 27.9 Å². The van der Waals surface area contributed by atoms with Crippen LogP contribution in [0.2, 0.25) is 10.0 Å². The molecule has 5 nitrogen and oxygen atoms in total. The molecule has 130 valence electrons. The van der Waals surface area contributed by atoms with E-state index >= 15 is 0 Å². The van der Waals surface area contributed by atoms with E-state index in [1.54, 1.807) is 29.5 Å². The van der Waals surface area contributed by atoms with Crippen LogP contribution >= 0.6 is 45.9 Å². The van der Waals surface area contributed by atoms with Gasteiger partial charge >= 0.3 is 0 Å². The number of hydrogen-bond acceptors (Lipinski definition) is 6. The molecule has 0 aliphatic rings. The van der Waals surface area contributed by atoms with Crippen LogP contribution in [0.15, 0.2) is 35.7 Å². The smallest absolute Gasteiger partial charge is 0.267 e. The highest BCUT2D eigenvalue weighted by molar-refractivity contribution is 7.23. The van der Waals surface area contributed by atoms with Gasteiger partial charge in [0.05, 0.1) is 9.90 Å². The van der Waals surface area contributed by atoms with Crippen molar-refractivity contribution in [1.29, 1.82) is 0 Å². The zero-order valence-corrected chi connectivity index (χ0v) is 16.2. The minimum absolute atomic E-state index is 0.313. The molecule has 3 aromatic rings. The number of ether oxygens (including phenoxy) is 1. The Morgan fingerprint density at radius 2 is 2.16 bits per heavy atom. The van der Waals surface area contributed by atoms with Gasteiger partial charge in [-0.2, -0.15) is 0 Å². The van der Waals surface area contributed by atoms with Crippen molar-refractivity contribution in [1.82, 2.24) is 10.2 Å². The molecular formula is C16H13Cl2N3O2S2. The van der Waals surface area contributed by atoms with Gasteiger partial charge in [-0.15, -0.1) is 21.5 Å². The summed E-state index contributed by atoms with van der Waals surface area (Å²) < 4.78 is 5.72. The third kappa shape index (κ3) is 4.49. The van der Waals surface area contributed by atoms with Gasteiger partial charge in [-0.3, -0.25) is 10.1 Å². The zero-order chi connectivity index (χ0) is 17.8. The van der Waals surface area contributed by atoms with Crippen LogP contribution in [0.25, 0.3) is 9.88 Å². The Balaban J connectivity index is 1.69. The van der Waals surface area contributed by atoms with Crippen molar-refractivity contribution in [2.75, 3.05) is 5.32 Å². The SMILES string of the molecule is CC[C@@H](Oc1cc(Cl)ccc1Cl)C(=O)Nc1nnc(-c2cccs2)s1. The molecule has 1 atom stereocenters. The fraction of sp³-hybridized carbons (Fsp3) is 0.188. The summed E-state index contributed by atoms with van der Waals surface area (Å²) in [6.07, 6.45) is -0.254. The lowest BCUT2D eigenvalue weighted by Gasteiger charge is -2.17. The van der Waals surface area contributed by atoms with Crippen LogP contribution in [-0.2, 0) is 4.79 Å². The van der Waals surface area contributed by atoms with Crippen molar-refractivity contribution in [2.24, 2.45) is 0 Å². The molecule has 0 spiro atoms. The van der Waals surface area contributed by atoms with Gasteiger partial charge < -0.3 is 4.74 Å². The Hall–Kier alpha value is -1.67. The van der Waals surface area contributed by atoms with Crippen LogP contribution < -0.4 is 10.1 Å². The average molecular weight is 414 g/mol. The molecule has 3 rings (SSSR count). The number of hydrogen-bond donors (Lipinski definition) is 1. The molecule has 0 aliphatic carbocycles. The van der Waals surface area contributed by atoms with Crippen molar-refractivity contribution >= 4 is 56.9 Å². The molecule has 0 fully saturated rings. The van der Waals surface area contributed by atoms with E-state index in [9.17, 15) is 4.79 Å². The maximum Gasteiger partial charge on any atom is 0.267 e. The number of aromatic nitrogens is 2.